The predicted octanol–water partition coefficient (Wildman–Crippen LogP) is 4.66. The molecule has 0 spiro atoms. The lowest BCUT2D eigenvalue weighted by Gasteiger charge is -2.35. The molecular weight excluding hydrogens is 394 g/mol. The SMILES string of the molecule is CN1CCN(c2ccccc2CC2CCN(c3ccc(C4(O)CCCCC4)cc3)C2)CC1. The van der Waals surface area contributed by atoms with Gasteiger partial charge in [0, 0.05) is 50.6 Å². The molecule has 3 aliphatic rings. The summed E-state index contributed by atoms with van der Waals surface area (Å²) in [5.41, 5.74) is 4.78. The van der Waals surface area contributed by atoms with E-state index in [9.17, 15) is 5.11 Å². The second-order valence-corrected chi connectivity index (χ2v) is 10.4. The Morgan fingerprint density at radius 3 is 2.31 bits per heavy atom. The molecule has 2 saturated heterocycles. The van der Waals surface area contributed by atoms with Crippen LogP contribution in [0.3, 0.4) is 0 Å². The number of piperazine rings is 1. The molecule has 1 N–H and O–H groups in total. The first-order valence-corrected chi connectivity index (χ1v) is 12.7. The molecule has 2 heterocycles. The molecule has 4 nitrogen and oxygen atoms in total. The van der Waals surface area contributed by atoms with Gasteiger partial charge >= 0.3 is 0 Å². The van der Waals surface area contributed by atoms with Crippen molar-refractivity contribution >= 4 is 11.4 Å². The molecule has 1 aliphatic carbocycles. The zero-order valence-electron chi connectivity index (χ0n) is 19.7. The van der Waals surface area contributed by atoms with Gasteiger partial charge in [0.15, 0.2) is 0 Å². The van der Waals surface area contributed by atoms with Crippen molar-refractivity contribution in [3.8, 4) is 0 Å². The fourth-order valence-corrected chi connectivity index (χ4v) is 5.99. The van der Waals surface area contributed by atoms with Gasteiger partial charge in [-0.05, 0) is 68.0 Å². The van der Waals surface area contributed by atoms with Gasteiger partial charge in [-0.1, -0.05) is 49.6 Å². The highest BCUT2D eigenvalue weighted by molar-refractivity contribution is 5.55. The number of para-hydroxylation sites is 1. The Kier molecular flexibility index (Phi) is 6.43. The number of aliphatic hydroxyl groups is 1. The first-order chi connectivity index (χ1) is 15.6. The van der Waals surface area contributed by atoms with Crippen molar-refractivity contribution in [1.82, 2.24) is 4.90 Å². The van der Waals surface area contributed by atoms with E-state index >= 15 is 0 Å². The molecule has 1 atom stereocenters. The molecule has 0 aromatic heterocycles. The topological polar surface area (TPSA) is 30.0 Å². The largest absolute Gasteiger partial charge is 0.385 e. The zero-order chi connectivity index (χ0) is 22.0. The second kappa shape index (κ2) is 9.44. The summed E-state index contributed by atoms with van der Waals surface area (Å²) >= 11 is 0. The molecule has 0 bridgehead atoms. The molecule has 3 fully saturated rings. The monoisotopic (exact) mass is 433 g/mol. The van der Waals surface area contributed by atoms with Gasteiger partial charge in [-0.15, -0.1) is 0 Å². The molecular formula is C28H39N3O. The van der Waals surface area contributed by atoms with E-state index in [-0.39, 0.29) is 0 Å². The Balaban J connectivity index is 1.22. The summed E-state index contributed by atoms with van der Waals surface area (Å²) in [7, 11) is 2.22. The lowest BCUT2D eigenvalue weighted by Crippen LogP contribution is -2.44. The van der Waals surface area contributed by atoms with E-state index in [1.807, 2.05) is 0 Å². The number of hydrogen-bond donors (Lipinski definition) is 1. The molecule has 1 unspecified atom stereocenters. The van der Waals surface area contributed by atoms with Crippen LogP contribution < -0.4 is 9.80 Å². The van der Waals surface area contributed by atoms with E-state index in [2.05, 4.69) is 70.3 Å². The average Bonchev–Trinajstić information content (AvgIpc) is 3.29. The first kappa shape index (κ1) is 21.8. The van der Waals surface area contributed by atoms with Crippen molar-refractivity contribution in [2.24, 2.45) is 5.92 Å². The van der Waals surface area contributed by atoms with Crippen molar-refractivity contribution < 1.29 is 5.11 Å². The molecule has 2 aliphatic heterocycles. The number of hydrogen-bond acceptors (Lipinski definition) is 4. The van der Waals surface area contributed by atoms with Crippen LogP contribution in [0.15, 0.2) is 48.5 Å². The first-order valence-electron chi connectivity index (χ1n) is 12.7. The molecule has 0 radical (unpaired) electrons. The fourth-order valence-electron chi connectivity index (χ4n) is 5.99. The molecule has 32 heavy (non-hydrogen) atoms. The van der Waals surface area contributed by atoms with Crippen LogP contribution >= 0.6 is 0 Å². The maximum atomic E-state index is 11.0. The highest BCUT2D eigenvalue weighted by atomic mass is 16.3. The minimum absolute atomic E-state index is 0.600. The van der Waals surface area contributed by atoms with Crippen LogP contribution in [0.1, 0.15) is 49.7 Å². The van der Waals surface area contributed by atoms with Crippen molar-refractivity contribution in [3.63, 3.8) is 0 Å². The fraction of sp³-hybridized carbons (Fsp3) is 0.571. The van der Waals surface area contributed by atoms with Crippen molar-refractivity contribution in [1.29, 1.82) is 0 Å². The summed E-state index contributed by atoms with van der Waals surface area (Å²) in [6.07, 6.45) is 7.77. The predicted molar refractivity (Wildman–Crippen MR) is 134 cm³/mol. The molecule has 2 aromatic rings. The van der Waals surface area contributed by atoms with Gasteiger partial charge < -0.3 is 19.8 Å². The number of nitrogens with zero attached hydrogens (tertiary/aromatic N) is 3. The Bertz CT molecular complexity index is 882. The van der Waals surface area contributed by atoms with E-state index in [0.29, 0.717) is 5.92 Å². The van der Waals surface area contributed by atoms with E-state index in [0.717, 1.165) is 76.9 Å². The van der Waals surface area contributed by atoms with Crippen LogP contribution in [0.25, 0.3) is 0 Å². The van der Waals surface area contributed by atoms with Crippen molar-refractivity contribution in [2.75, 3.05) is 56.1 Å². The lowest BCUT2D eigenvalue weighted by molar-refractivity contribution is -0.000614. The van der Waals surface area contributed by atoms with Gasteiger partial charge in [0.05, 0.1) is 5.60 Å². The van der Waals surface area contributed by atoms with Gasteiger partial charge in [-0.3, -0.25) is 0 Å². The lowest BCUT2D eigenvalue weighted by atomic mass is 9.80. The molecule has 5 rings (SSSR count). The summed E-state index contributed by atoms with van der Waals surface area (Å²) in [4.78, 5) is 7.54. The summed E-state index contributed by atoms with van der Waals surface area (Å²) in [6, 6.07) is 17.9. The summed E-state index contributed by atoms with van der Waals surface area (Å²) in [6.45, 7) is 6.81. The quantitative estimate of drug-likeness (QED) is 0.743. The van der Waals surface area contributed by atoms with Crippen LogP contribution in [0.5, 0.6) is 0 Å². The Labute approximate surface area is 193 Å². The van der Waals surface area contributed by atoms with Gasteiger partial charge in [0.1, 0.15) is 0 Å². The van der Waals surface area contributed by atoms with Crippen LogP contribution in [0.4, 0.5) is 11.4 Å². The third-order valence-electron chi connectivity index (χ3n) is 8.08. The zero-order valence-corrected chi connectivity index (χ0v) is 19.7. The van der Waals surface area contributed by atoms with Gasteiger partial charge in [-0.25, -0.2) is 0 Å². The maximum absolute atomic E-state index is 11.0. The number of likely N-dealkylation sites (N-methyl/N-ethyl adjacent to an activating group) is 1. The van der Waals surface area contributed by atoms with Gasteiger partial charge in [-0.2, -0.15) is 0 Å². The average molecular weight is 434 g/mol. The van der Waals surface area contributed by atoms with Crippen molar-refractivity contribution in [2.45, 2.75) is 50.5 Å². The number of rotatable bonds is 5. The summed E-state index contributed by atoms with van der Waals surface area (Å²) in [5, 5.41) is 11.0. The van der Waals surface area contributed by atoms with Crippen molar-refractivity contribution in [3.05, 3.63) is 59.7 Å². The molecule has 0 amide bonds. The minimum Gasteiger partial charge on any atom is -0.385 e. The normalized spacial score (nSPS) is 24.1. The Morgan fingerprint density at radius 2 is 1.56 bits per heavy atom. The number of anilines is 2. The van der Waals surface area contributed by atoms with Crippen LogP contribution in [-0.4, -0.2) is 56.3 Å². The molecule has 4 heteroatoms. The summed E-state index contributed by atoms with van der Waals surface area (Å²) < 4.78 is 0. The Morgan fingerprint density at radius 1 is 0.844 bits per heavy atom. The standard InChI is InChI=1S/C28H39N3O/c1-29-17-19-30(20-18-29)27-8-4-3-7-24(27)21-23-13-16-31(22-23)26-11-9-25(10-12-26)28(32)14-5-2-6-15-28/h3-4,7-12,23,32H,2,5-6,13-22H2,1H3. The molecule has 2 aromatic carbocycles. The Hall–Kier alpha value is -2.04. The van der Waals surface area contributed by atoms with Gasteiger partial charge in [0.25, 0.3) is 0 Å². The number of benzene rings is 2. The molecule has 172 valence electrons. The summed E-state index contributed by atoms with van der Waals surface area (Å²) in [5.74, 6) is 0.700. The van der Waals surface area contributed by atoms with E-state index in [4.69, 9.17) is 0 Å². The minimum atomic E-state index is -0.600. The smallest absolute Gasteiger partial charge is 0.0896 e. The third kappa shape index (κ3) is 4.67. The maximum Gasteiger partial charge on any atom is 0.0896 e. The third-order valence-corrected chi connectivity index (χ3v) is 8.08. The van der Waals surface area contributed by atoms with Gasteiger partial charge in [0.2, 0.25) is 0 Å². The van der Waals surface area contributed by atoms with Crippen LogP contribution in [0.2, 0.25) is 0 Å². The second-order valence-electron chi connectivity index (χ2n) is 10.4. The van der Waals surface area contributed by atoms with Crippen LogP contribution in [-0.2, 0) is 12.0 Å². The van der Waals surface area contributed by atoms with E-state index < -0.39 is 5.60 Å². The highest BCUT2D eigenvalue weighted by Gasteiger charge is 2.31. The van der Waals surface area contributed by atoms with E-state index in [1.54, 1.807) is 0 Å². The molecule has 1 saturated carbocycles. The van der Waals surface area contributed by atoms with Crippen LogP contribution in [0, 0.1) is 5.92 Å². The highest BCUT2D eigenvalue weighted by Crippen LogP contribution is 2.38. The van der Waals surface area contributed by atoms with E-state index in [1.165, 1.54) is 29.8 Å².